The van der Waals surface area contributed by atoms with Crippen molar-refractivity contribution in [2.75, 3.05) is 26.7 Å². The summed E-state index contributed by atoms with van der Waals surface area (Å²) in [6.45, 7) is 1.16. The van der Waals surface area contributed by atoms with Gasteiger partial charge in [-0.25, -0.2) is 0 Å². The molecule has 1 aliphatic rings. The molecule has 1 aromatic heterocycles. The van der Waals surface area contributed by atoms with Crippen LogP contribution in [0.2, 0.25) is 0 Å². The minimum Gasteiger partial charge on any atom is -0.497 e. The van der Waals surface area contributed by atoms with Gasteiger partial charge in [-0.1, -0.05) is 24.3 Å². The first-order valence-corrected chi connectivity index (χ1v) is 10.3. The summed E-state index contributed by atoms with van der Waals surface area (Å²) in [6, 6.07) is 16.7. The Labute approximate surface area is 181 Å². The molecule has 7 heteroatoms. The standard InChI is InChI=1S/C24H25N3O4/c1-30-20-8-2-6-18(15-20)24(29)26-16-22(28)27-13-10-19(11-14-27)31-21-9-3-5-17-7-4-12-25-23(17)21/h2-9,12,15,19H,10-11,13-14,16H2,1H3,(H,26,29). The molecule has 3 aromatic rings. The summed E-state index contributed by atoms with van der Waals surface area (Å²) < 4.78 is 11.3. The van der Waals surface area contributed by atoms with E-state index in [1.54, 1.807) is 42.5 Å². The number of amides is 2. The van der Waals surface area contributed by atoms with Crippen molar-refractivity contribution in [1.82, 2.24) is 15.2 Å². The Bertz CT molecular complexity index is 1070. The molecule has 0 bridgehead atoms. The molecule has 0 unspecified atom stereocenters. The van der Waals surface area contributed by atoms with E-state index < -0.39 is 0 Å². The fourth-order valence-corrected chi connectivity index (χ4v) is 3.71. The number of benzene rings is 2. The van der Waals surface area contributed by atoms with Crippen LogP contribution in [0.3, 0.4) is 0 Å². The third-order valence-corrected chi connectivity index (χ3v) is 5.42. The van der Waals surface area contributed by atoms with E-state index in [0.717, 1.165) is 29.5 Å². The maximum absolute atomic E-state index is 12.5. The zero-order chi connectivity index (χ0) is 21.6. The summed E-state index contributed by atoms with van der Waals surface area (Å²) in [6.07, 6.45) is 3.26. The van der Waals surface area contributed by atoms with Crippen molar-refractivity contribution in [3.05, 3.63) is 66.4 Å². The SMILES string of the molecule is COc1cccc(C(=O)NCC(=O)N2CCC(Oc3cccc4cccnc34)CC2)c1. The molecule has 2 amide bonds. The van der Waals surface area contributed by atoms with E-state index >= 15 is 0 Å². The summed E-state index contributed by atoms with van der Waals surface area (Å²) in [5.74, 6) is 0.978. The number of nitrogens with one attached hydrogen (secondary N) is 1. The highest BCUT2D eigenvalue weighted by molar-refractivity contribution is 5.96. The summed E-state index contributed by atoms with van der Waals surface area (Å²) in [5.41, 5.74) is 1.31. The molecule has 1 fully saturated rings. The van der Waals surface area contributed by atoms with Crippen LogP contribution in [0.4, 0.5) is 0 Å². The summed E-state index contributed by atoms with van der Waals surface area (Å²) in [7, 11) is 1.55. The Morgan fingerprint density at radius 2 is 1.87 bits per heavy atom. The Morgan fingerprint density at radius 1 is 1.10 bits per heavy atom. The first-order valence-electron chi connectivity index (χ1n) is 10.3. The Balaban J connectivity index is 1.27. The van der Waals surface area contributed by atoms with Crippen molar-refractivity contribution >= 4 is 22.7 Å². The average molecular weight is 419 g/mol. The number of nitrogens with zero attached hydrogens (tertiary/aromatic N) is 2. The van der Waals surface area contributed by atoms with E-state index in [9.17, 15) is 9.59 Å². The van der Waals surface area contributed by atoms with E-state index in [-0.39, 0.29) is 24.5 Å². The van der Waals surface area contributed by atoms with Crippen molar-refractivity contribution in [2.24, 2.45) is 0 Å². The lowest BCUT2D eigenvalue weighted by Gasteiger charge is -2.32. The van der Waals surface area contributed by atoms with Gasteiger partial charge in [0.15, 0.2) is 0 Å². The second-order valence-corrected chi connectivity index (χ2v) is 7.44. The van der Waals surface area contributed by atoms with E-state index in [1.807, 2.05) is 30.3 Å². The second-order valence-electron chi connectivity index (χ2n) is 7.44. The van der Waals surface area contributed by atoms with Crippen molar-refractivity contribution in [3.63, 3.8) is 0 Å². The number of methoxy groups -OCH3 is 1. The Morgan fingerprint density at radius 3 is 2.68 bits per heavy atom. The molecular weight excluding hydrogens is 394 g/mol. The molecule has 1 aliphatic heterocycles. The molecule has 160 valence electrons. The summed E-state index contributed by atoms with van der Waals surface area (Å²) >= 11 is 0. The molecular formula is C24H25N3O4. The third kappa shape index (κ3) is 4.94. The number of fused-ring (bicyclic) bond motifs is 1. The highest BCUT2D eigenvalue weighted by atomic mass is 16.5. The summed E-state index contributed by atoms with van der Waals surface area (Å²) in [5, 5.41) is 3.73. The highest BCUT2D eigenvalue weighted by Crippen LogP contribution is 2.26. The number of rotatable bonds is 6. The molecule has 0 aliphatic carbocycles. The molecule has 4 rings (SSSR count). The van der Waals surface area contributed by atoms with Crippen LogP contribution in [0, 0.1) is 0 Å². The smallest absolute Gasteiger partial charge is 0.251 e. The van der Waals surface area contributed by atoms with Gasteiger partial charge in [0.25, 0.3) is 5.91 Å². The fourth-order valence-electron chi connectivity index (χ4n) is 3.71. The first-order chi connectivity index (χ1) is 15.1. The quantitative estimate of drug-likeness (QED) is 0.664. The summed E-state index contributed by atoms with van der Waals surface area (Å²) in [4.78, 5) is 31.0. The number of hydrogen-bond donors (Lipinski definition) is 1. The van der Waals surface area contributed by atoms with Crippen molar-refractivity contribution in [2.45, 2.75) is 18.9 Å². The van der Waals surface area contributed by atoms with Gasteiger partial charge in [0.2, 0.25) is 5.91 Å². The first kappa shape index (κ1) is 20.7. The van der Waals surface area contributed by atoms with Crippen LogP contribution in [-0.4, -0.2) is 54.5 Å². The number of carbonyl (C=O) groups excluding carboxylic acids is 2. The van der Waals surface area contributed by atoms with Gasteiger partial charge in [0, 0.05) is 43.1 Å². The van der Waals surface area contributed by atoms with Crippen LogP contribution >= 0.6 is 0 Å². The Kier molecular flexibility index (Phi) is 6.31. The maximum atomic E-state index is 12.5. The number of hydrogen-bond acceptors (Lipinski definition) is 5. The van der Waals surface area contributed by atoms with Crippen LogP contribution in [-0.2, 0) is 4.79 Å². The van der Waals surface area contributed by atoms with Gasteiger partial charge in [-0.05, 0) is 30.3 Å². The van der Waals surface area contributed by atoms with Gasteiger partial charge >= 0.3 is 0 Å². The number of pyridine rings is 1. The third-order valence-electron chi connectivity index (χ3n) is 5.42. The molecule has 0 atom stereocenters. The molecule has 2 heterocycles. The van der Waals surface area contributed by atoms with Gasteiger partial charge in [-0.15, -0.1) is 0 Å². The Hall–Kier alpha value is -3.61. The zero-order valence-corrected chi connectivity index (χ0v) is 17.4. The zero-order valence-electron chi connectivity index (χ0n) is 17.4. The number of para-hydroxylation sites is 1. The van der Waals surface area contributed by atoms with Crippen molar-refractivity contribution in [1.29, 1.82) is 0 Å². The minimum absolute atomic E-state index is 0.0306. The van der Waals surface area contributed by atoms with E-state index in [4.69, 9.17) is 9.47 Å². The highest BCUT2D eigenvalue weighted by Gasteiger charge is 2.24. The van der Waals surface area contributed by atoms with Crippen LogP contribution in [0.25, 0.3) is 10.9 Å². The lowest BCUT2D eigenvalue weighted by Crippen LogP contribution is -2.46. The number of aromatic nitrogens is 1. The minimum atomic E-state index is -0.297. The van der Waals surface area contributed by atoms with E-state index in [0.29, 0.717) is 24.4 Å². The van der Waals surface area contributed by atoms with Crippen LogP contribution in [0.15, 0.2) is 60.8 Å². The number of ether oxygens (including phenoxy) is 2. The van der Waals surface area contributed by atoms with E-state index in [1.165, 1.54) is 0 Å². The monoisotopic (exact) mass is 419 g/mol. The van der Waals surface area contributed by atoms with Crippen molar-refractivity contribution < 1.29 is 19.1 Å². The van der Waals surface area contributed by atoms with Crippen LogP contribution in [0.5, 0.6) is 11.5 Å². The fraction of sp³-hybridized carbons (Fsp3) is 0.292. The van der Waals surface area contributed by atoms with E-state index in [2.05, 4.69) is 10.3 Å². The van der Waals surface area contributed by atoms with Gasteiger partial charge in [0.1, 0.15) is 23.1 Å². The molecule has 2 aromatic carbocycles. The predicted molar refractivity (Wildman–Crippen MR) is 117 cm³/mol. The van der Waals surface area contributed by atoms with Crippen molar-refractivity contribution in [3.8, 4) is 11.5 Å². The van der Waals surface area contributed by atoms with Crippen LogP contribution < -0.4 is 14.8 Å². The van der Waals surface area contributed by atoms with Gasteiger partial charge in [-0.3, -0.25) is 14.6 Å². The lowest BCUT2D eigenvalue weighted by atomic mass is 10.1. The normalized spacial score (nSPS) is 14.3. The van der Waals surface area contributed by atoms with Gasteiger partial charge in [0.05, 0.1) is 13.7 Å². The number of piperidine rings is 1. The molecule has 31 heavy (non-hydrogen) atoms. The predicted octanol–water partition coefficient (Wildman–Crippen LogP) is 3.04. The molecule has 1 saturated heterocycles. The molecule has 1 N–H and O–H groups in total. The largest absolute Gasteiger partial charge is 0.497 e. The topological polar surface area (TPSA) is 80.8 Å². The maximum Gasteiger partial charge on any atom is 0.251 e. The number of likely N-dealkylation sites (tertiary alicyclic amines) is 1. The van der Waals surface area contributed by atoms with Gasteiger partial charge < -0.3 is 19.7 Å². The molecule has 7 nitrogen and oxygen atoms in total. The van der Waals surface area contributed by atoms with Gasteiger partial charge in [-0.2, -0.15) is 0 Å². The lowest BCUT2D eigenvalue weighted by molar-refractivity contribution is -0.131. The molecule has 0 spiro atoms. The van der Waals surface area contributed by atoms with Crippen LogP contribution in [0.1, 0.15) is 23.2 Å². The molecule has 0 radical (unpaired) electrons. The average Bonchev–Trinajstić information content (AvgIpc) is 2.83. The second kappa shape index (κ2) is 9.47. The molecule has 0 saturated carbocycles. The number of carbonyl (C=O) groups is 2.